The second-order valence-corrected chi connectivity index (χ2v) is 8.97. The van der Waals surface area contributed by atoms with Gasteiger partial charge in [-0.05, 0) is 36.2 Å². The van der Waals surface area contributed by atoms with Crippen LogP contribution in [0.4, 0.5) is 4.79 Å². The molecular weight excluding hydrogens is 486 g/mol. The largest absolute Gasteiger partial charge is 0.493 e. The molecule has 1 aromatic heterocycles. The van der Waals surface area contributed by atoms with Crippen molar-refractivity contribution in [3.05, 3.63) is 47.9 Å². The van der Waals surface area contributed by atoms with Gasteiger partial charge in [-0.25, -0.2) is 9.79 Å². The highest BCUT2D eigenvalue weighted by atomic mass is 32.2. The Morgan fingerprint density at radius 2 is 1.97 bits per heavy atom. The lowest BCUT2D eigenvalue weighted by molar-refractivity contribution is -0.407. The van der Waals surface area contributed by atoms with E-state index in [4.69, 9.17) is 13.9 Å². The van der Waals surface area contributed by atoms with Gasteiger partial charge < -0.3 is 19.2 Å². The summed E-state index contributed by atoms with van der Waals surface area (Å²) in [7, 11) is 6.10. The Morgan fingerprint density at radius 1 is 1.19 bits per heavy atom. The van der Waals surface area contributed by atoms with Gasteiger partial charge >= 0.3 is 11.9 Å². The third kappa shape index (κ3) is 5.03. The van der Waals surface area contributed by atoms with Crippen molar-refractivity contribution in [2.75, 3.05) is 40.6 Å². The van der Waals surface area contributed by atoms with E-state index in [2.05, 4.69) is 15.3 Å². The third-order valence-electron chi connectivity index (χ3n) is 5.71. The lowest BCUT2D eigenvalue weighted by Gasteiger charge is -2.26. The predicted octanol–water partition coefficient (Wildman–Crippen LogP) is 1.80. The van der Waals surface area contributed by atoms with Crippen molar-refractivity contribution in [1.82, 2.24) is 10.2 Å². The van der Waals surface area contributed by atoms with Gasteiger partial charge in [0.2, 0.25) is 5.91 Å². The van der Waals surface area contributed by atoms with Crippen LogP contribution in [-0.2, 0) is 16.0 Å². The average molecular weight is 513 g/mol. The molecule has 4 rings (SSSR count). The van der Waals surface area contributed by atoms with Crippen LogP contribution in [0, 0.1) is 5.92 Å². The van der Waals surface area contributed by atoms with Crippen LogP contribution >= 0.6 is 11.8 Å². The number of amides is 4. The molecule has 0 bridgehead atoms. The zero-order valence-electron chi connectivity index (χ0n) is 20.3. The molecule has 2 aliphatic heterocycles. The molecule has 0 saturated heterocycles. The van der Waals surface area contributed by atoms with E-state index in [1.807, 2.05) is 18.2 Å². The number of nitrogens with zero attached hydrogens (tertiary/aromatic N) is 4. The molecule has 1 atom stereocenters. The van der Waals surface area contributed by atoms with Crippen molar-refractivity contribution in [3.8, 4) is 11.5 Å². The summed E-state index contributed by atoms with van der Waals surface area (Å²) in [6, 6.07) is 8.48. The van der Waals surface area contributed by atoms with Gasteiger partial charge in [0.1, 0.15) is 5.04 Å². The van der Waals surface area contributed by atoms with Crippen molar-refractivity contribution < 1.29 is 32.9 Å². The summed E-state index contributed by atoms with van der Waals surface area (Å²) in [6.45, 7) is 0.417. The molecule has 36 heavy (non-hydrogen) atoms. The topological polar surface area (TPSA) is 126 Å². The second-order valence-electron chi connectivity index (χ2n) is 7.97. The zero-order chi connectivity index (χ0) is 25.8. The Bertz CT molecular complexity index is 1280. The molecule has 2 aromatic rings. The highest BCUT2D eigenvalue weighted by molar-refractivity contribution is 8.14. The molecule has 11 nitrogen and oxygen atoms in total. The summed E-state index contributed by atoms with van der Waals surface area (Å²) in [5.74, 6) is 0.641. The molecule has 188 valence electrons. The van der Waals surface area contributed by atoms with Gasteiger partial charge in [0, 0.05) is 6.54 Å². The molecule has 0 radical (unpaired) electrons. The van der Waals surface area contributed by atoms with Crippen molar-refractivity contribution >= 4 is 46.3 Å². The molecule has 0 saturated carbocycles. The monoisotopic (exact) mass is 512 g/mol. The van der Waals surface area contributed by atoms with Gasteiger partial charge in [0.15, 0.2) is 23.2 Å². The number of hydrogen-bond donors (Lipinski definition) is 1. The maximum Gasteiger partial charge on any atom is 0.445 e. The number of furan rings is 1. The molecule has 1 aromatic carbocycles. The fraction of sp³-hybridized carbons (Fsp3) is 0.333. The Morgan fingerprint density at radius 3 is 2.67 bits per heavy atom. The predicted molar refractivity (Wildman–Crippen MR) is 134 cm³/mol. The SMILES string of the molecule is COc1ccc(CCNC(=O)CSC2=NC(c3ccco3)=NC3=[N+](C)C(=O)N(C)C(=O)C23)cc1OC. The minimum Gasteiger partial charge on any atom is -0.493 e. The smallest absolute Gasteiger partial charge is 0.445 e. The average Bonchev–Trinajstić information content (AvgIpc) is 3.44. The molecule has 0 spiro atoms. The van der Waals surface area contributed by atoms with Crippen LogP contribution in [0.2, 0.25) is 0 Å². The number of imide groups is 1. The summed E-state index contributed by atoms with van der Waals surface area (Å²) in [4.78, 5) is 48.0. The lowest BCUT2D eigenvalue weighted by Crippen LogP contribution is -2.54. The van der Waals surface area contributed by atoms with E-state index in [1.165, 1.54) is 17.9 Å². The van der Waals surface area contributed by atoms with Crippen LogP contribution in [-0.4, -0.2) is 84.6 Å². The summed E-state index contributed by atoms with van der Waals surface area (Å²) >= 11 is 1.13. The molecule has 2 aliphatic rings. The van der Waals surface area contributed by atoms with Crippen molar-refractivity contribution in [1.29, 1.82) is 0 Å². The summed E-state index contributed by atoms with van der Waals surface area (Å²) < 4.78 is 17.3. The summed E-state index contributed by atoms with van der Waals surface area (Å²) in [5.41, 5.74) is 0.986. The van der Waals surface area contributed by atoms with Gasteiger partial charge in [-0.15, -0.1) is 0 Å². The maximum absolute atomic E-state index is 12.9. The van der Waals surface area contributed by atoms with Gasteiger partial charge in [0.25, 0.3) is 11.7 Å². The molecule has 0 aliphatic carbocycles. The van der Waals surface area contributed by atoms with Crippen LogP contribution in [0.15, 0.2) is 51.0 Å². The van der Waals surface area contributed by atoms with E-state index in [0.717, 1.165) is 22.2 Å². The maximum atomic E-state index is 12.9. The molecule has 1 unspecified atom stereocenters. The van der Waals surface area contributed by atoms with E-state index in [1.54, 1.807) is 33.4 Å². The number of benzene rings is 1. The Labute approximate surface area is 211 Å². The van der Waals surface area contributed by atoms with Gasteiger partial charge in [-0.3, -0.25) is 9.59 Å². The first-order valence-corrected chi connectivity index (χ1v) is 12.1. The minimum atomic E-state index is -0.874. The Balaban J connectivity index is 1.44. The number of carbonyl (C=O) groups excluding carboxylic acids is 3. The number of methoxy groups -OCH3 is 2. The van der Waals surface area contributed by atoms with Crippen molar-refractivity contribution in [2.45, 2.75) is 6.42 Å². The number of nitrogens with one attached hydrogen (secondary N) is 1. The van der Waals surface area contributed by atoms with E-state index < -0.39 is 17.9 Å². The van der Waals surface area contributed by atoms with Gasteiger partial charge in [-0.2, -0.15) is 9.48 Å². The highest BCUT2D eigenvalue weighted by Crippen LogP contribution is 2.28. The fourth-order valence-corrected chi connectivity index (χ4v) is 4.68. The Kier molecular flexibility index (Phi) is 7.53. The standard InChI is InChI=1S/C24H25N5O6S/c1-28-21-19(23(31)29(2)24(28)32)22(27-20(26-21)16-6-5-11-35-16)36-13-18(30)25-10-9-14-7-8-15(33-3)17(12-14)34-4/h5-8,11-12,19H,9-10,13H2,1-4H3/p+1. The number of amidine groups is 2. The van der Waals surface area contributed by atoms with Crippen LogP contribution in [0.1, 0.15) is 11.3 Å². The number of aliphatic imine (C=N–C) groups is 2. The van der Waals surface area contributed by atoms with Crippen molar-refractivity contribution in [2.24, 2.45) is 15.9 Å². The molecular formula is C24H26N5O6S+. The molecule has 4 amide bonds. The number of ether oxygens (including phenoxy) is 2. The molecule has 1 N–H and O–H groups in total. The van der Waals surface area contributed by atoms with E-state index in [9.17, 15) is 14.4 Å². The van der Waals surface area contributed by atoms with Crippen LogP contribution in [0.25, 0.3) is 0 Å². The zero-order valence-corrected chi connectivity index (χ0v) is 21.1. The van der Waals surface area contributed by atoms with E-state index >= 15 is 0 Å². The van der Waals surface area contributed by atoms with Gasteiger partial charge in [0.05, 0.1) is 40.3 Å². The molecule has 0 fully saturated rings. The Hall–Kier alpha value is -3.93. The number of thioether (sulfide) groups is 1. The first-order chi connectivity index (χ1) is 17.3. The number of carbonyl (C=O) groups is 3. The number of hydrogen-bond acceptors (Lipinski definition) is 9. The van der Waals surface area contributed by atoms with Crippen LogP contribution in [0.3, 0.4) is 0 Å². The van der Waals surface area contributed by atoms with Gasteiger partial charge in [-0.1, -0.05) is 22.8 Å². The first-order valence-electron chi connectivity index (χ1n) is 11.1. The number of fused-ring (bicyclic) bond motifs is 1. The first kappa shape index (κ1) is 25.2. The quantitative estimate of drug-likeness (QED) is 0.535. The fourth-order valence-electron chi connectivity index (χ4n) is 3.78. The van der Waals surface area contributed by atoms with E-state index in [-0.39, 0.29) is 23.3 Å². The second kappa shape index (κ2) is 10.8. The van der Waals surface area contributed by atoms with Crippen LogP contribution in [0.5, 0.6) is 11.5 Å². The molecule has 12 heteroatoms. The lowest BCUT2D eigenvalue weighted by atomic mass is 10.0. The van der Waals surface area contributed by atoms with Crippen molar-refractivity contribution in [3.63, 3.8) is 0 Å². The normalized spacial score (nSPS) is 17.4. The summed E-state index contributed by atoms with van der Waals surface area (Å²) in [6.07, 6.45) is 2.08. The summed E-state index contributed by atoms with van der Waals surface area (Å²) in [5, 5.41) is 3.25. The van der Waals surface area contributed by atoms with Crippen LogP contribution < -0.4 is 14.8 Å². The van der Waals surface area contributed by atoms with E-state index in [0.29, 0.717) is 35.3 Å². The number of rotatable bonds is 8. The highest BCUT2D eigenvalue weighted by Gasteiger charge is 2.49. The number of urea groups is 1. The minimum absolute atomic E-state index is 0.0363. The molecule has 3 heterocycles. The third-order valence-corrected chi connectivity index (χ3v) is 6.74.